The monoisotopic (exact) mass is 392 g/mol. The number of nitrogens with one attached hydrogen (secondary N) is 3. The Hall–Kier alpha value is -3.23. The van der Waals surface area contributed by atoms with Gasteiger partial charge in [-0.25, -0.2) is 14.2 Å². The van der Waals surface area contributed by atoms with Crippen LogP contribution in [0, 0.1) is 11.8 Å². The van der Waals surface area contributed by atoms with Gasteiger partial charge in [0.1, 0.15) is 11.4 Å². The second kappa shape index (κ2) is 9.12. The zero-order valence-corrected chi connectivity index (χ0v) is 15.8. The van der Waals surface area contributed by atoms with E-state index in [2.05, 4.69) is 20.9 Å². The van der Waals surface area contributed by atoms with Crippen LogP contribution in [0.3, 0.4) is 0 Å². The fourth-order valence-corrected chi connectivity index (χ4v) is 2.14. The minimum atomic E-state index is -0.643. The fraction of sp³-hybridized carbons (Fsp3) is 0.316. The Morgan fingerprint density at radius 3 is 2.50 bits per heavy atom. The van der Waals surface area contributed by atoms with Gasteiger partial charge in [0, 0.05) is 13.0 Å². The van der Waals surface area contributed by atoms with Crippen molar-refractivity contribution in [1.29, 1.82) is 0 Å². The summed E-state index contributed by atoms with van der Waals surface area (Å²) in [7, 11) is 0. The van der Waals surface area contributed by atoms with E-state index in [0.29, 0.717) is 11.4 Å². The molecule has 28 heavy (non-hydrogen) atoms. The fourth-order valence-electron chi connectivity index (χ4n) is 2.14. The number of hydrogen-bond donors (Lipinski definition) is 3. The van der Waals surface area contributed by atoms with Gasteiger partial charge in [0.15, 0.2) is 0 Å². The maximum absolute atomic E-state index is 13.6. The van der Waals surface area contributed by atoms with E-state index in [4.69, 9.17) is 4.74 Å². The van der Waals surface area contributed by atoms with Crippen molar-refractivity contribution >= 4 is 29.1 Å². The predicted octanol–water partition coefficient (Wildman–Crippen LogP) is 3.96. The van der Waals surface area contributed by atoms with E-state index in [-0.39, 0.29) is 24.6 Å². The van der Waals surface area contributed by atoms with Crippen LogP contribution in [-0.4, -0.2) is 29.1 Å². The van der Waals surface area contributed by atoms with Gasteiger partial charge in [-0.15, -0.1) is 0 Å². The van der Waals surface area contributed by atoms with Crippen molar-refractivity contribution in [3.63, 3.8) is 0 Å². The molecule has 0 saturated heterocycles. The molecular formula is C19H22F2N4O3. The molecule has 0 aliphatic rings. The Labute approximate surface area is 161 Å². The van der Waals surface area contributed by atoms with Crippen LogP contribution < -0.4 is 16.0 Å². The number of carbonyl (C=O) groups is 2. The lowest BCUT2D eigenvalue weighted by Crippen LogP contribution is -2.34. The molecule has 2 aromatic rings. The van der Waals surface area contributed by atoms with Gasteiger partial charge in [0.2, 0.25) is 11.9 Å². The molecule has 1 heterocycles. The molecule has 0 bridgehead atoms. The minimum absolute atomic E-state index is 0.00579. The lowest BCUT2D eigenvalue weighted by Gasteiger charge is -2.19. The first-order valence-corrected chi connectivity index (χ1v) is 8.57. The topological polar surface area (TPSA) is 92.3 Å². The number of halogens is 2. The second-order valence-electron chi connectivity index (χ2n) is 6.91. The Balaban J connectivity index is 1.94. The molecule has 3 N–H and O–H groups in total. The smallest absolute Gasteiger partial charge is 0.407 e. The summed E-state index contributed by atoms with van der Waals surface area (Å²) < 4.78 is 31.6. The molecule has 0 spiro atoms. The van der Waals surface area contributed by atoms with Gasteiger partial charge >= 0.3 is 6.09 Å². The van der Waals surface area contributed by atoms with Crippen molar-refractivity contribution in [2.45, 2.75) is 32.8 Å². The number of ether oxygens (including phenoxy) is 1. The summed E-state index contributed by atoms with van der Waals surface area (Å²) >= 11 is 0. The largest absolute Gasteiger partial charge is 0.444 e. The molecule has 2 rings (SSSR count). The summed E-state index contributed by atoms with van der Waals surface area (Å²) in [5, 5.41) is 7.99. The molecule has 2 amide bonds. The van der Waals surface area contributed by atoms with E-state index < -0.39 is 23.5 Å². The van der Waals surface area contributed by atoms with Crippen LogP contribution in [-0.2, 0) is 9.53 Å². The van der Waals surface area contributed by atoms with Crippen LogP contribution >= 0.6 is 0 Å². The molecule has 0 saturated carbocycles. The number of anilines is 3. The molecule has 150 valence electrons. The van der Waals surface area contributed by atoms with Crippen molar-refractivity contribution in [2.24, 2.45) is 0 Å². The number of aromatic nitrogens is 1. The summed E-state index contributed by atoms with van der Waals surface area (Å²) in [6, 6.07) is 6.38. The van der Waals surface area contributed by atoms with Gasteiger partial charge in [-0.05, 0) is 51.1 Å². The molecule has 0 aliphatic carbocycles. The Morgan fingerprint density at radius 2 is 1.86 bits per heavy atom. The van der Waals surface area contributed by atoms with Crippen molar-refractivity contribution in [3.05, 3.63) is 48.3 Å². The van der Waals surface area contributed by atoms with E-state index in [0.717, 1.165) is 6.07 Å². The summed E-state index contributed by atoms with van der Waals surface area (Å²) in [6.07, 6.45) is 0.623. The minimum Gasteiger partial charge on any atom is -0.444 e. The van der Waals surface area contributed by atoms with Crippen LogP contribution in [0.15, 0.2) is 36.5 Å². The molecule has 1 aromatic carbocycles. The van der Waals surface area contributed by atoms with Crippen LogP contribution in [0.2, 0.25) is 0 Å². The van der Waals surface area contributed by atoms with Gasteiger partial charge in [-0.2, -0.15) is 4.39 Å². The van der Waals surface area contributed by atoms with Crippen LogP contribution in [0.5, 0.6) is 0 Å². The number of carbonyl (C=O) groups excluding carboxylic acids is 2. The normalized spacial score (nSPS) is 10.9. The van der Waals surface area contributed by atoms with E-state index in [1.165, 1.54) is 30.5 Å². The zero-order chi connectivity index (χ0) is 20.7. The van der Waals surface area contributed by atoms with Gasteiger partial charge in [0.05, 0.1) is 23.3 Å². The van der Waals surface area contributed by atoms with Gasteiger partial charge in [-0.1, -0.05) is 0 Å². The second-order valence-corrected chi connectivity index (χ2v) is 6.91. The van der Waals surface area contributed by atoms with E-state index in [9.17, 15) is 18.4 Å². The molecule has 1 aromatic heterocycles. The number of pyridine rings is 1. The quantitative estimate of drug-likeness (QED) is 0.647. The molecule has 0 fully saturated rings. The van der Waals surface area contributed by atoms with Crippen molar-refractivity contribution in [3.8, 4) is 0 Å². The molecule has 0 radical (unpaired) electrons. The number of nitrogens with zero attached hydrogens (tertiary/aromatic N) is 1. The number of benzene rings is 1. The number of amides is 2. The third-order valence-corrected chi connectivity index (χ3v) is 3.28. The lowest BCUT2D eigenvalue weighted by atomic mass is 10.2. The van der Waals surface area contributed by atoms with Gasteiger partial charge in [-0.3, -0.25) is 4.79 Å². The van der Waals surface area contributed by atoms with E-state index in [1.807, 2.05) is 0 Å². The summed E-state index contributed by atoms with van der Waals surface area (Å²) in [4.78, 5) is 27.2. The number of alkyl carbamates (subject to hydrolysis) is 1. The molecule has 0 unspecified atom stereocenters. The lowest BCUT2D eigenvalue weighted by molar-refractivity contribution is -0.116. The SMILES string of the molecule is CC(C)(C)OC(=O)NCCC(=O)Nc1ccc(F)cc1Nc1ccc(F)nc1. The first kappa shape index (κ1) is 21.1. The maximum atomic E-state index is 13.6. The molecule has 7 nitrogen and oxygen atoms in total. The van der Waals surface area contributed by atoms with E-state index in [1.54, 1.807) is 20.8 Å². The standard InChI is InChI=1S/C19H22F2N4O3/c1-19(2,3)28-18(27)22-9-8-17(26)25-14-6-4-12(20)10-15(14)24-13-5-7-16(21)23-11-13/h4-7,10-11,24H,8-9H2,1-3H3,(H,22,27)(H,25,26). The maximum Gasteiger partial charge on any atom is 0.407 e. The molecule has 0 atom stereocenters. The van der Waals surface area contributed by atoms with E-state index >= 15 is 0 Å². The van der Waals surface area contributed by atoms with Gasteiger partial charge in [0.25, 0.3) is 0 Å². The molecule has 9 heteroatoms. The van der Waals surface area contributed by atoms with Crippen LogP contribution in [0.25, 0.3) is 0 Å². The first-order chi connectivity index (χ1) is 13.1. The third kappa shape index (κ3) is 7.18. The predicted molar refractivity (Wildman–Crippen MR) is 101 cm³/mol. The van der Waals surface area contributed by atoms with Crippen LogP contribution in [0.1, 0.15) is 27.2 Å². The van der Waals surface area contributed by atoms with Crippen LogP contribution in [0.4, 0.5) is 30.6 Å². The first-order valence-electron chi connectivity index (χ1n) is 8.57. The number of rotatable bonds is 6. The Morgan fingerprint density at radius 1 is 1.11 bits per heavy atom. The highest BCUT2D eigenvalue weighted by molar-refractivity contribution is 5.95. The van der Waals surface area contributed by atoms with Crippen molar-refractivity contribution in [1.82, 2.24) is 10.3 Å². The third-order valence-electron chi connectivity index (χ3n) is 3.28. The summed E-state index contributed by atoms with van der Waals surface area (Å²) in [5.41, 5.74) is 0.403. The average Bonchev–Trinajstić information content (AvgIpc) is 2.58. The molecular weight excluding hydrogens is 370 g/mol. The zero-order valence-electron chi connectivity index (χ0n) is 15.8. The molecule has 0 aliphatic heterocycles. The summed E-state index contributed by atoms with van der Waals surface area (Å²) in [6.45, 7) is 5.28. The highest BCUT2D eigenvalue weighted by atomic mass is 19.1. The summed E-state index contributed by atoms with van der Waals surface area (Å²) in [5.74, 6) is -1.54. The highest BCUT2D eigenvalue weighted by Gasteiger charge is 2.16. The average molecular weight is 392 g/mol. The number of hydrogen-bond acceptors (Lipinski definition) is 5. The Kier molecular flexibility index (Phi) is 6.86. The van der Waals surface area contributed by atoms with Gasteiger partial charge < -0.3 is 20.7 Å². The highest BCUT2D eigenvalue weighted by Crippen LogP contribution is 2.26. The van der Waals surface area contributed by atoms with Crippen molar-refractivity contribution < 1.29 is 23.1 Å². The van der Waals surface area contributed by atoms with Crippen molar-refractivity contribution in [2.75, 3.05) is 17.2 Å². The Bertz CT molecular complexity index is 836.